The molecule has 0 rings (SSSR count). The number of aldehydes is 1. The second-order valence-corrected chi connectivity index (χ2v) is 4.66. The maximum Gasteiger partial charge on any atom is 0.221 e. The van der Waals surface area contributed by atoms with Crippen LogP contribution in [-0.2, 0) is 9.59 Å². The van der Waals surface area contributed by atoms with Crippen LogP contribution in [0.5, 0.6) is 0 Å². The van der Waals surface area contributed by atoms with E-state index in [-0.39, 0.29) is 5.91 Å². The van der Waals surface area contributed by atoms with Crippen molar-refractivity contribution in [3.05, 3.63) is 0 Å². The molecule has 118 valence electrons. The molecule has 0 aliphatic carbocycles. The van der Waals surface area contributed by atoms with Crippen molar-refractivity contribution in [2.45, 2.75) is 32.6 Å². The first-order chi connectivity index (χ1) is 9.81. The van der Waals surface area contributed by atoms with Gasteiger partial charge in [-0.15, -0.1) is 0 Å². The Labute approximate surface area is 122 Å². The summed E-state index contributed by atoms with van der Waals surface area (Å²) in [6.07, 6.45) is 4.09. The zero-order valence-corrected chi connectivity index (χ0v) is 12.7. The lowest BCUT2D eigenvalue weighted by Crippen LogP contribution is -2.32. The predicted octanol–water partition coefficient (Wildman–Crippen LogP) is -0.349. The highest BCUT2D eigenvalue weighted by Gasteiger charge is 1.98. The number of nitrogens with one attached hydrogen (secondary N) is 4. The van der Waals surface area contributed by atoms with Crippen molar-refractivity contribution < 1.29 is 9.59 Å². The quantitative estimate of drug-likeness (QED) is 0.244. The molecule has 0 aliphatic rings. The minimum atomic E-state index is 0.119. The van der Waals surface area contributed by atoms with Crippen molar-refractivity contribution in [1.29, 1.82) is 0 Å². The zero-order chi connectivity index (χ0) is 14.9. The van der Waals surface area contributed by atoms with Gasteiger partial charge in [0, 0.05) is 45.6 Å². The number of rotatable bonds is 15. The maximum absolute atomic E-state index is 11.3. The molecule has 0 spiro atoms. The van der Waals surface area contributed by atoms with Crippen molar-refractivity contribution in [1.82, 2.24) is 21.3 Å². The third kappa shape index (κ3) is 15.1. The smallest absolute Gasteiger partial charge is 0.221 e. The summed E-state index contributed by atoms with van der Waals surface area (Å²) >= 11 is 0. The number of hydrogen-bond donors (Lipinski definition) is 4. The van der Waals surface area contributed by atoms with E-state index < -0.39 is 0 Å². The van der Waals surface area contributed by atoms with E-state index in [0.29, 0.717) is 12.8 Å². The molecule has 0 unspecified atom stereocenters. The molecular weight excluding hydrogens is 256 g/mol. The molecule has 0 radical (unpaired) electrons. The fraction of sp³-hybridized carbons (Fsp3) is 0.857. The SMILES string of the molecule is CCCNC(=O)CCNCCNCCCNCCC=O. The van der Waals surface area contributed by atoms with Crippen molar-refractivity contribution >= 4 is 12.2 Å². The average Bonchev–Trinajstić information content (AvgIpc) is 2.46. The Morgan fingerprint density at radius 2 is 1.55 bits per heavy atom. The van der Waals surface area contributed by atoms with Gasteiger partial charge in [-0.1, -0.05) is 6.92 Å². The van der Waals surface area contributed by atoms with Gasteiger partial charge in [0.2, 0.25) is 5.91 Å². The van der Waals surface area contributed by atoms with Crippen LogP contribution in [0.4, 0.5) is 0 Å². The van der Waals surface area contributed by atoms with E-state index in [4.69, 9.17) is 0 Å². The Balaban J connectivity index is 3.05. The Hall–Kier alpha value is -0.980. The topological polar surface area (TPSA) is 82.3 Å². The summed E-state index contributed by atoms with van der Waals surface area (Å²) in [4.78, 5) is 21.4. The Kier molecular flexibility index (Phi) is 15.3. The van der Waals surface area contributed by atoms with Gasteiger partial charge in [0.15, 0.2) is 0 Å². The Morgan fingerprint density at radius 3 is 2.20 bits per heavy atom. The molecule has 0 fully saturated rings. The largest absolute Gasteiger partial charge is 0.356 e. The van der Waals surface area contributed by atoms with Gasteiger partial charge in [-0.3, -0.25) is 4.79 Å². The molecule has 0 aromatic rings. The summed E-state index contributed by atoms with van der Waals surface area (Å²) < 4.78 is 0. The molecule has 6 heteroatoms. The molecule has 20 heavy (non-hydrogen) atoms. The van der Waals surface area contributed by atoms with Crippen LogP contribution in [0.2, 0.25) is 0 Å². The lowest BCUT2D eigenvalue weighted by atomic mass is 10.3. The number of amides is 1. The van der Waals surface area contributed by atoms with Crippen LogP contribution >= 0.6 is 0 Å². The molecule has 4 N–H and O–H groups in total. The summed E-state index contributed by atoms with van der Waals surface area (Å²) in [5.74, 6) is 0.119. The van der Waals surface area contributed by atoms with Crippen molar-refractivity contribution in [3.63, 3.8) is 0 Å². The molecule has 0 heterocycles. The van der Waals surface area contributed by atoms with Crippen LogP contribution in [0.3, 0.4) is 0 Å². The predicted molar refractivity (Wildman–Crippen MR) is 81.8 cm³/mol. The minimum absolute atomic E-state index is 0.119. The first-order valence-electron chi connectivity index (χ1n) is 7.63. The summed E-state index contributed by atoms with van der Waals surface area (Å²) in [6, 6.07) is 0. The second kappa shape index (κ2) is 16.1. The van der Waals surface area contributed by atoms with Gasteiger partial charge in [0.1, 0.15) is 6.29 Å². The normalized spacial score (nSPS) is 10.4. The Morgan fingerprint density at radius 1 is 0.900 bits per heavy atom. The van der Waals surface area contributed by atoms with E-state index in [9.17, 15) is 9.59 Å². The van der Waals surface area contributed by atoms with E-state index >= 15 is 0 Å². The van der Waals surface area contributed by atoms with E-state index in [1.165, 1.54) is 0 Å². The van der Waals surface area contributed by atoms with Gasteiger partial charge >= 0.3 is 0 Å². The highest BCUT2D eigenvalue weighted by molar-refractivity contribution is 5.75. The van der Waals surface area contributed by atoms with Gasteiger partial charge in [0.25, 0.3) is 0 Å². The first kappa shape index (κ1) is 19.0. The van der Waals surface area contributed by atoms with E-state index in [2.05, 4.69) is 21.3 Å². The fourth-order valence-corrected chi connectivity index (χ4v) is 1.61. The zero-order valence-electron chi connectivity index (χ0n) is 12.7. The summed E-state index contributed by atoms with van der Waals surface area (Å²) in [5, 5.41) is 12.6. The van der Waals surface area contributed by atoms with Crippen LogP contribution in [0.1, 0.15) is 32.6 Å². The molecular formula is C14H30N4O2. The van der Waals surface area contributed by atoms with Gasteiger partial charge in [-0.2, -0.15) is 0 Å². The molecule has 0 saturated carbocycles. The fourth-order valence-electron chi connectivity index (χ4n) is 1.61. The summed E-state index contributed by atoms with van der Waals surface area (Å²) in [5.41, 5.74) is 0. The Bertz CT molecular complexity index is 237. The van der Waals surface area contributed by atoms with Crippen LogP contribution in [-0.4, -0.2) is 58.0 Å². The molecule has 6 nitrogen and oxygen atoms in total. The standard InChI is InChI=1S/C14H30N4O2/c1-2-6-18-14(20)5-10-17-12-11-16-8-3-7-15-9-4-13-19/h13,15-17H,2-12H2,1H3,(H,18,20). The van der Waals surface area contributed by atoms with Crippen molar-refractivity contribution in [2.75, 3.05) is 45.8 Å². The molecule has 0 aliphatic heterocycles. The third-order valence-electron chi connectivity index (χ3n) is 2.73. The van der Waals surface area contributed by atoms with Crippen molar-refractivity contribution in [3.8, 4) is 0 Å². The number of hydrogen-bond acceptors (Lipinski definition) is 5. The third-order valence-corrected chi connectivity index (χ3v) is 2.73. The highest BCUT2D eigenvalue weighted by Crippen LogP contribution is 1.79. The van der Waals surface area contributed by atoms with Crippen LogP contribution in [0.15, 0.2) is 0 Å². The van der Waals surface area contributed by atoms with Gasteiger partial charge in [0.05, 0.1) is 0 Å². The molecule has 0 saturated heterocycles. The second-order valence-electron chi connectivity index (χ2n) is 4.66. The van der Waals surface area contributed by atoms with Crippen molar-refractivity contribution in [2.24, 2.45) is 0 Å². The van der Waals surface area contributed by atoms with E-state index in [1.54, 1.807) is 0 Å². The first-order valence-corrected chi connectivity index (χ1v) is 7.63. The monoisotopic (exact) mass is 286 g/mol. The molecule has 1 amide bonds. The van der Waals surface area contributed by atoms with Crippen LogP contribution in [0, 0.1) is 0 Å². The lowest BCUT2D eigenvalue weighted by Gasteiger charge is -2.07. The maximum atomic E-state index is 11.3. The van der Waals surface area contributed by atoms with Crippen LogP contribution in [0.25, 0.3) is 0 Å². The van der Waals surface area contributed by atoms with Crippen LogP contribution < -0.4 is 21.3 Å². The minimum Gasteiger partial charge on any atom is -0.356 e. The number of carbonyl (C=O) groups excluding carboxylic acids is 2. The summed E-state index contributed by atoms with van der Waals surface area (Å²) in [7, 11) is 0. The molecule has 0 aromatic heterocycles. The lowest BCUT2D eigenvalue weighted by molar-refractivity contribution is -0.121. The summed E-state index contributed by atoms with van der Waals surface area (Å²) in [6.45, 7) is 7.99. The molecule has 0 bridgehead atoms. The molecule has 0 atom stereocenters. The van der Waals surface area contributed by atoms with Gasteiger partial charge in [-0.05, 0) is 25.9 Å². The van der Waals surface area contributed by atoms with E-state index in [0.717, 1.165) is 64.9 Å². The number of carbonyl (C=O) groups is 2. The van der Waals surface area contributed by atoms with E-state index in [1.807, 2.05) is 6.92 Å². The van der Waals surface area contributed by atoms with Gasteiger partial charge < -0.3 is 26.1 Å². The van der Waals surface area contributed by atoms with Gasteiger partial charge in [-0.25, -0.2) is 0 Å². The average molecular weight is 286 g/mol. The molecule has 0 aromatic carbocycles. The highest BCUT2D eigenvalue weighted by atomic mass is 16.1.